The van der Waals surface area contributed by atoms with Gasteiger partial charge in [0.2, 0.25) is 0 Å². The van der Waals surface area contributed by atoms with E-state index in [1.807, 2.05) is 0 Å². The highest BCUT2D eigenvalue weighted by Crippen LogP contribution is 2.38. The van der Waals surface area contributed by atoms with E-state index in [-0.39, 0.29) is 5.41 Å². The third kappa shape index (κ3) is 1.96. The van der Waals surface area contributed by atoms with Crippen LogP contribution in [0.1, 0.15) is 26.2 Å². The summed E-state index contributed by atoms with van der Waals surface area (Å²) in [5.74, 6) is 0. The molecule has 0 aromatic carbocycles. The lowest BCUT2D eigenvalue weighted by molar-refractivity contribution is -0.0285. The summed E-state index contributed by atoms with van der Waals surface area (Å²) in [6.45, 7) is 3.60. The molecule has 1 aliphatic heterocycles. The Labute approximate surface area is 73.3 Å². The van der Waals surface area contributed by atoms with Crippen molar-refractivity contribution in [1.82, 2.24) is 0 Å². The minimum Gasteiger partial charge on any atom is -0.381 e. The van der Waals surface area contributed by atoms with Crippen LogP contribution >= 0.6 is 0 Å². The summed E-state index contributed by atoms with van der Waals surface area (Å²) < 4.78 is 18.5. The molecule has 0 radical (unpaired) electrons. The molecule has 0 aliphatic carbocycles. The molecule has 0 amide bonds. The Balaban J connectivity index is 2.56. The van der Waals surface area contributed by atoms with Gasteiger partial charge in [0.1, 0.15) is 6.17 Å². The van der Waals surface area contributed by atoms with Gasteiger partial charge in [-0.2, -0.15) is 0 Å². The van der Waals surface area contributed by atoms with Crippen molar-refractivity contribution in [2.45, 2.75) is 32.4 Å². The second-order valence-electron chi connectivity index (χ2n) is 3.63. The molecule has 12 heavy (non-hydrogen) atoms. The highest BCUT2D eigenvalue weighted by molar-refractivity contribution is 4.86. The van der Waals surface area contributed by atoms with E-state index in [4.69, 9.17) is 10.5 Å². The van der Waals surface area contributed by atoms with Gasteiger partial charge in [0.15, 0.2) is 0 Å². The van der Waals surface area contributed by atoms with E-state index in [2.05, 4.69) is 0 Å². The van der Waals surface area contributed by atoms with Crippen molar-refractivity contribution in [2.24, 2.45) is 11.1 Å². The molecule has 2 nitrogen and oxygen atoms in total. The fourth-order valence-electron chi connectivity index (χ4n) is 1.91. The number of alkyl halides is 1. The summed E-state index contributed by atoms with van der Waals surface area (Å²) >= 11 is 0. The van der Waals surface area contributed by atoms with Crippen LogP contribution in [-0.2, 0) is 4.74 Å². The summed E-state index contributed by atoms with van der Waals surface area (Å²) in [6.07, 6.45) is 1.67. The van der Waals surface area contributed by atoms with Crippen LogP contribution in [0.3, 0.4) is 0 Å². The van der Waals surface area contributed by atoms with Crippen LogP contribution in [0.25, 0.3) is 0 Å². The van der Waals surface area contributed by atoms with Crippen LogP contribution in [0, 0.1) is 5.41 Å². The van der Waals surface area contributed by atoms with Gasteiger partial charge >= 0.3 is 0 Å². The topological polar surface area (TPSA) is 35.2 Å². The Morgan fingerprint density at radius 2 is 2.08 bits per heavy atom. The molecule has 1 fully saturated rings. The zero-order chi connectivity index (χ0) is 9.03. The molecule has 0 saturated carbocycles. The predicted molar refractivity (Wildman–Crippen MR) is 46.7 cm³/mol. The molecular formula is C9H18FNO. The number of hydrogen-bond acceptors (Lipinski definition) is 2. The summed E-state index contributed by atoms with van der Waals surface area (Å²) in [6, 6.07) is 0. The Bertz CT molecular complexity index is 127. The number of hydrogen-bond donors (Lipinski definition) is 1. The smallest absolute Gasteiger partial charge is 0.103 e. The third-order valence-corrected chi connectivity index (χ3v) is 2.97. The third-order valence-electron chi connectivity index (χ3n) is 2.97. The zero-order valence-corrected chi connectivity index (χ0v) is 7.68. The summed E-state index contributed by atoms with van der Waals surface area (Å²) in [7, 11) is 0. The average Bonchev–Trinajstić information content (AvgIpc) is 2.06. The van der Waals surface area contributed by atoms with E-state index in [9.17, 15) is 4.39 Å². The van der Waals surface area contributed by atoms with Crippen molar-refractivity contribution >= 4 is 0 Å². The first-order valence-electron chi connectivity index (χ1n) is 4.63. The van der Waals surface area contributed by atoms with Gasteiger partial charge in [0.05, 0.1) is 0 Å². The van der Waals surface area contributed by atoms with Gasteiger partial charge in [-0.15, -0.1) is 0 Å². The van der Waals surface area contributed by atoms with E-state index in [0.29, 0.717) is 19.8 Å². The fraction of sp³-hybridized carbons (Fsp3) is 1.00. The quantitative estimate of drug-likeness (QED) is 0.705. The lowest BCUT2D eigenvalue weighted by Crippen LogP contribution is -2.38. The van der Waals surface area contributed by atoms with Crippen LogP contribution in [-0.4, -0.2) is 25.9 Å². The molecule has 0 aromatic rings. The number of halogens is 1. The van der Waals surface area contributed by atoms with Crippen molar-refractivity contribution in [3.05, 3.63) is 0 Å². The molecule has 0 bridgehead atoms. The second kappa shape index (κ2) is 4.19. The van der Waals surface area contributed by atoms with E-state index in [1.165, 1.54) is 0 Å². The van der Waals surface area contributed by atoms with Crippen LogP contribution in [0.5, 0.6) is 0 Å². The van der Waals surface area contributed by atoms with Gasteiger partial charge in [-0.1, -0.05) is 0 Å². The maximum atomic E-state index is 13.3. The summed E-state index contributed by atoms with van der Waals surface area (Å²) in [5.41, 5.74) is 5.29. The lowest BCUT2D eigenvalue weighted by Gasteiger charge is -2.38. The maximum absolute atomic E-state index is 13.3. The number of rotatable bonds is 3. The van der Waals surface area contributed by atoms with E-state index in [0.717, 1.165) is 19.3 Å². The molecule has 1 heterocycles. The highest BCUT2D eigenvalue weighted by atomic mass is 19.1. The SMILES string of the molecule is CC(F)C1(CCN)CCOCC1. The molecule has 1 rings (SSSR count). The normalized spacial score (nSPS) is 25.2. The molecule has 1 atom stereocenters. The molecule has 1 unspecified atom stereocenters. The standard InChI is InChI=1S/C9H18FNO/c1-8(10)9(2-5-11)3-6-12-7-4-9/h8H,2-7,11H2,1H3. The number of nitrogens with two attached hydrogens (primary N) is 1. The highest BCUT2D eigenvalue weighted by Gasteiger charge is 2.37. The first-order valence-corrected chi connectivity index (χ1v) is 4.63. The van der Waals surface area contributed by atoms with Gasteiger partial charge < -0.3 is 10.5 Å². The van der Waals surface area contributed by atoms with Crippen LogP contribution in [0.15, 0.2) is 0 Å². The molecule has 1 saturated heterocycles. The second-order valence-corrected chi connectivity index (χ2v) is 3.63. The molecular weight excluding hydrogens is 157 g/mol. The molecule has 0 aromatic heterocycles. The number of ether oxygens (including phenoxy) is 1. The Hall–Kier alpha value is -0.150. The first kappa shape index (κ1) is 9.93. The largest absolute Gasteiger partial charge is 0.381 e. The molecule has 1 aliphatic rings. The lowest BCUT2D eigenvalue weighted by atomic mass is 9.74. The van der Waals surface area contributed by atoms with Gasteiger partial charge in [-0.25, -0.2) is 4.39 Å². The minimum atomic E-state index is -0.759. The fourth-order valence-corrected chi connectivity index (χ4v) is 1.91. The minimum absolute atomic E-state index is 0.187. The van der Waals surface area contributed by atoms with Crippen LogP contribution < -0.4 is 5.73 Å². The van der Waals surface area contributed by atoms with Crippen molar-refractivity contribution in [1.29, 1.82) is 0 Å². The molecule has 3 heteroatoms. The van der Waals surface area contributed by atoms with E-state index >= 15 is 0 Å². The maximum Gasteiger partial charge on any atom is 0.103 e. The van der Waals surface area contributed by atoms with Gasteiger partial charge in [0.25, 0.3) is 0 Å². The zero-order valence-electron chi connectivity index (χ0n) is 7.68. The first-order chi connectivity index (χ1) is 5.71. The van der Waals surface area contributed by atoms with Gasteiger partial charge in [0, 0.05) is 18.6 Å². The Morgan fingerprint density at radius 1 is 1.50 bits per heavy atom. The Morgan fingerprint density at radius 3 is 2.50 bits per heavy atom. The van der Waals surface area contributed by atoms with E-state index in [1.54, 1.807) is 6.92 Å². The molecule has 0 spiro atoms. The summed E-state index contributed by atoms with van der Waals surface area (Å²) in [4.78, 5) is 0. The molecule has 2 N–H and O–H groups in total. The van der Waals surface area contributed by atoms with Crippen molar-refractivity contribution in [2.75, 3.05) is 19.8 Å². The molecule has 72 valence electrons. The van der Waals surface area contributed by atoms with Gasteiger partial charge in [-0.05, 0) is 32.7 Å². The average molecular weight is 175 g/mol. The van der Waals surface area contributed by atoms with Crippen molar-refractivity contribution < 1.29 is 9.13 Å². The van der Waals surface area contributed by atoms with Crippen molar-refractivity contribution in [3.63, 3.8) is 0 Å². The van der Waals surface area contributed by atoms with Gasteiger partial charge in [-0.3, -0.25) is 0 Å². The van der Waals surface area contributed by atoms with Crippen LogP contribution in [0.2, 0.25) is 0 Å². The monoisotopic (exact) mass is 175 g/mol. The van der Waals surface area contributed by atoms with Crippen molar-refractivity contribution in [3.8, 4) is 0 Å². The van der Waals surface area contributed by atoms with E-state index < -0.39 is 6.17 Å². The Kier molecular flexibility index (Phi) is 3.47. The summed E-state index contributed by atoms with van der Waals surface area (Å²) in [5, 5.41) is 0. The van der Waals surface area contributed by atoms with Crippen LogP contribution in [0.4, 0.5) is 4.39 Å². The predicted octanol–water partition coefficient (Wildman–Crippen LogP) is 1.49.